The van der Waals surface area contributed by atoms with Gasteiger partial charge in [0, 0.05) is 28.0 Å². The van der Waals surface area contributed by atoms with Crippen LogP contribution in [-0.4, -0.2) is 21.4 Å². The number of halogens is 2. The molecule has 4 aromatic rings. The molecule has 1 aromatic heterocycles. The lowest BCUT2D eigenvalue weighted by Crippen LogP contribution is -2.42. The van der Waals surface area contributed by atoms with Crippen LogP contribution in [-0.2, 0) is 6.54 Å². The molecule has 0 fully saturated rings. The van der Waals surface area contributed by atoms with Crippen LogP contribution in [0, 0.1) is 0 Å². The fourth-order valence-corrected chi connectivity index (χ4v) is 3.97. The first-order valence-corrected chi connectivity index (χ1v) is 11.0. The Hall–Kier alpha value is -3.61. The Morgan fingerprint density at radius 3 is 2.36 bits per heavy atom. The minimum Gasteiger partial charge on any atom is -0.369 e. The van der Waals surface area contributed by atoms with E-state index in [9.17, 15) is 4.79 Å². The van der Waals surface area contributed by atoms with E-state index in [1.54, 1.807) is 48.9 Å². The molecule has 0 radical (unpaired) electrons. The van der Waals surface area contributed by atoms with Gasteiger partial charge in [0.2, 0.25) is 5.96 Å². The number of amides is 1. The van der Waals surface area contributed by atoms with Gasteiger partial charge in [0.1, 0.15) is 0 Å². The molecule has 0 spiro atoms. The highest BCUT2D eigenvalue weighted by molar-refractivity contribution is 6.35. The smallest absolute Gasteiger partial charge is 0.265 e. The van der Waals surface area contributed by atoms with E-state index >= 15 is 0 Å². The number of nitrogens with two attached hydrogens (primary N) is 1. The van der Waals surface area contributed by atoms with Crippen LogP contribution in [0.2, 0.25) is 10.0 Å². The predicted octanol–water partition coefficient (Wildman–Crippen LogP) is 5.59. The fraction of sp³-hybridized carbons (Fsp3) is 0.0800. The third-order valence-corrected chi connectivity index (χ3v) is 5.58. The van der Waals surface area contributed by atoms with Gasteiger partial charge in [0.05, 0.1) is 24.6 Å². The van der Waals surface area contributed by atoms with Gasteiger partial charge in [-0.15, -0.1) is 0 Å². The van der Waals surface area contributed by atoms with Gasteiger partial charge in [-0.05, 0) is 42.0 Å². The first-order valence-electron chi connectivity index (χ1n) is 10.2. The van der Waals surface area contributed by atoms with Crippen LogP contribution in [0.15, 0.2) is 103 Å². The number of aromatic nitrogens is 2. The predicted molar refractivity (Wildman–Crippen MR) is 133 cm³/mol. The molecule has 0 aliphatic rings. The highest BCUT2D eigenvalue weighted by Crippen LogP contribution is 2.30. The summed E-state index contributed by atoms with van der Waals surface area (Å²) in [5.41, 5.74) is 8.33. The highest BCUT2D eigenvalue weighted by Gasteiger charge is 2.24. The van der Waals surface area contributed by atoms with Gasteiger partial charge in [-0.3, -0.25) is 4.79 Å². The van der Waals surface area contributed by atoms with Gasteiger partial charge in [-0.25, -0.2) is 14.9 Å². The molecule has 0 aliphatic carbocycles. The van der Waals surface area contributed by atoms with Crippen molar-refractivity contribution in [3.8, 4) is 0 Å². The largest absolute Gasteiger partial charge is 0.369 e. The van der Waals surface area contributed by atoms with Crippen molar-refractivity contribution >= 4 is 40.8 Å². The van der Waals surface area contributed by atoms with E-state index < -0.39 is 6.04 Å². The lowest BCUT2D eigenvalue weighted by atomic mass is 10.1. The van der Waals surface area contributed by atoms with Crippen molar-refractivity contribution < 1.29 is 4.79 Å². The van der Waals surface area contributed by atoms with Crippen molar-refractivity contribution in [3.05, 3.63) is 119 Å². The average Bonchev–Trinajstić information content (AvgIpc) is 3.33. The van der Waals surface area contributed by atoms with Gasteiger partial charge < -0.3 is 10.3 Å². The topological polar surface area (TPSA) is 76.5 Å². The summed E-state index contributed by atoms with van der Waals surface area (Å²) in [7, 11) is 0. The molecule has 166 valence electrons. The molecule has 6 nitrogen and oxygen atoms in total. The molecule has 1 atom stereocenters. The average molecular weight is 478 g/mol. The standard InChI is InChI=1S/C25H21Cl2N5O/c26-19-11-12-21(22(27)15-19)23(16-31-14-13-29-17-31)30-25(28)32(20-9-5-2-6-10-20)24(33)18-7-3-1-4-8-18/h1-15,17,23H,16H2,(H2,28,30). The number of para-hydroxylation sites is 1. The lowest BCUT2D eigenvalue weighted by Gasteiger charge is -2.24. The molecular formula is C25H21Cl2N5O. The summed E-state index contributed by atoms with van der Waals surface area (Å²) >= 11 is 12.6. The van der Waals surface area contributed by atoms with E-state index in [0.29, 0.717) is 27.8 Å². The molecule has 2 N–H and O–H groups in total. The van der Waals surface area contributed by atoms with Crippen LogP contribution in [0.4, 0.5) is 5.69 Å². The van der Waals surface area contributed by atoms with E-state index in [2.05, 4.69) is 4.98 Å². The maximum absolute atomic E-state index is 13.4. The molecule has 3 aromatic carbocycles. The molecule has 1 amide bonds. The Morgan fingerprint density at radius 1 is 1.03 bits per heavy atom. The monoisotopic (exact) mass is 477 g/mol. The SMILES string of the molecule is NC(=NC(Cn1ccnc1)c1ccc(Cl)cc1Cl)N(C(=O)c1ccccc1)c1ccccc1. The first kappa shape index (κ1) is 22.6. The molecule has 8 heteroatoms. The Morgan fingerprint density at radius 2 is 1.73 bits per heavy atom. The summed E-state index contributed by atoms with van der Waals surface area (Å²) in [6.45, 7) is 0.421. The van der Waals surface area contributed by atoms with Gasteiger partial charge >= 0.3 is 0 Å². The van der Waals surface area contributed by atoms with Crippen LogP contribution < -0.4 is 10.6 Å². The van der Waals surface area contributed by atoms with Crippen molar-refractivity contribution in [1.82, 2.24) is 9.55 Å². The van der Waals surface area contributed by atoms with E-state index in [0.717, 1.165) is 5.56 Å². The van der Waals surface area contributed by atoms with E-state index in [1.807, 2.05) is 53.2 Å². The second-order valence-corrected chi connectivity index (χ2v) is 8.11. The Bertz CT molecular complexity index is 1240. The van der Waals surface area contributed by atoms with Gasteiger partial charge in [-0.1, -0.05) is 65.7 Å². The van der Waals surface area contributed by atoms with Crippen molar-refractivity contribution in [3.63, 3.8) is 0 Å². The maximum atomic E-state index is 13.4. The third-order valence-electron chi connectivity index (χ3n) is 5.02. The van der Waals surface area contributed by atoms with E-state index in [4.69, 9.17) is 33.9 Å². The number of hydrogen-bond acceptors (Lipinski definition) is 3. The molecule has 0 saturated heterocycles. The van der Waals surface area contributed by atoms with Crippen LogP contribution in [0.5, 0.6) is 0 Å². The van der Waals surface area contributed by atoms with Crippen LogP contribution in [0.1, 0.15) is 22.0 Å². The minimum absolute atomic E-state index is 0.0474. The number of rotatable bonds is 6. The summed E-state index contributed by atoms with van der Waals surface area (Å²) in [5, 5.41) is 0.983. The van der Waals surface area contributed by atoms with Crippen molar-refractivity contribution in [1.29, 1.82) is 0 Å². The number of carbonyl (C=O) groups excluding carboxylic acids is 1. The van der Waals surface area contributed by atoms with Gasteiger partial charge in [0.15, 0.2) is 0 Å². The van der Waals surface area contributed by atoms with Crippen molar-refractivity contribution in [2.45, 2.75) is 12.6 Å². The quantitative estimate of drug-likeness (QED) is 0.290. The van der Waals surface area contributed by atoms with Crippen LogP contribution in [0.25, 0.3) is 0 Å². The third kappa shape index (κ3) is 5.42. The molecule has 0 aliphatic heterocycles. The second-order valence-electron chi connectivity index (χ2n) is 7.27. The number of aliphatic imine (C=N–C) groups is 1. The van der Waals surface area contributed by atoms with Gasteiger partial charge in [0.25, 0.3) is 5.91 Å². The molecule has 0 saturated carbocycles. The zero-order valence-corrected chi connectivity index (χ0v) is 19.1. The van der Waals surface area contributed by atoms with E-state index in [1.165, 1.54) is 4.90 Å². The number of imidazole rings is 1. The molecule has 0 bridgehead atoms. The van der Waals surface area contributed by atoms with Crippen molar-refractivity contribution in [2.24, 2.45) is 10.7 Å². The molecular weight excluding hydrogens is 457 g/mol. The number of guanidine groups is 1. The summed E-state index contributed by atoms with van der Waals surface area (Å²) in [4.78, 5) is 23.7. The number of anilines is 1. The Kier molecular flexibility index (Phi) is 7.07. The number of nitrogens with zero attached hydrogens (tertiary/aromatic N) is 4. The summed E-state index contributed by atoms with van der Waals surface area (Å²) in [6, 6.07) is 22.9. The normalized spacial score (nSPS) is 12.4. The highest BCUT2D eigenvalue weighted by atomic mass is 35.5. The molecule has 1 heterocycles. The van der Waals surface area contributed by atoms with Gasteiger partial charge in [-0.2, -0.15) is 0 Å². The zero-order chi connectivity index (χ0) is 23.2. The number of carbonyl (C=O) groups is 1. The first-order chi connectivity index (χ1) is 16.0. The van der Waals surface area contributed by atoms with E-state index in [-0.39, 0.29) is 11.9 Å². The number of hydrogen-bond donors (Lipinski definition) is 1. The number of benzene rings is 3. The summed E-state index contributed by atoms with van der Waals surface area (Å²) in [6.07, 6.45) is 5.20. The molecule has 1 unspecified atom stereocenters. The fourth-order valence-electron chi connectivity index (χ4n) is 3.43. The molecule has 33 heavy (non-hydrogen) atoms. The maximum Gasteiger partial charge on any atom is 0.265 e. The lowest BCUT2D eigenvalue weighted by molar-refractivity contribution is 0.100. The zero-order valence-electron chi connectivity index (χ0n) is 17.6. The minimum atomic E-state index is -0.487. The van der Waals surface area contributed by atoms with Crippen LogP contribution in [0.3, 0.4) is 0 Å². The Labute approximate surface area is 201 Å². The van der Waals surface area contributed by atoms with Crippen molar-refractivity contribution in [2.75, 3.05) is 4.90 Å². The molecule has 4 rings (SSSR count). The second kappa shape index (κ2) is 10.3. The summed E-state index contributed by atoms with van der Waals surface area (Å²) < 4.78 is 1.87. The summed E-state index contributed by atoms with van der Waals surface area (Å²) in [5.74, 6) is -0.238. The Balaban J connectivity index is 1.78. The van der Waals surface area contributed by atoms with Crippen LogP contribution >= 0.6 is 23.2 Å².